The molecule has 1 aromatic rings. The van der Waals surface area contributed by atoms with Crippen molar-refractivity contribution in [1.29, 1.82) is 0 Å². The molecule has 5 rings (SSSR count). The number of hydrogen-bond acceptors (Lipinski definition) is 7. The van der Waals surface area contributed by atoms with Crippen LogP contribution in [-0.2, 0) is 20.9 Å². The molecule has 3 heterocycles. The molecule has 3 aliphatic heterocycles. The topological polar surface area (TPSA) is 90.4 Å². The molecule has 1 aliphatic carbocycles. The number of aliphatic hydroxyl groups excluding tert-OH is 1. The van der Waals surface area contributed by atoms with Gasteiger partial charge in [0.2, 0.25) is 5.91 Å². The van der Waals surface area contributed by atoms with Crippen molar-refractivity contribution in [1.82, 2.24) is 14.7 Å². The van der Waals surface area contributed by atoms with Gasteiger partial charge in [0.15, 0.2) is 0 Å². The summed E-state index contributed by atoms with van der Waals surface area (Å²) in [7, 11) is 1.33. The largest absolute Gasteiger partial charge is 0.465 e. The first-order valence-corrected chi connectivity index (χ1v) is 11.6. The van der Waals surface area contributed by atoms with E-state index in [1.807, 2.05) is 4.90 Å². The Balaban J connectivity index is 1.37. The second-order valence-corrected chi connectivity index (χ2v) is 9.70. The minimum Gasteiger partial charge on any atom is -0.465 e. The SMILES string of the molecule is COC(=O)c1ccc(CN2C(=O)C3CC(O)CN3C3(CN(C4CCCCC4)C3)C2=O)cc1. The molecule has 0 radical (unpaired) electrons. The van der Waals surface area contributed by atoms with Crippen molar-refractivity contribution in [3.05, 3.63) is 35.4 Å². The van der Waals surface area contributed by atoms with E-state index in [0.29, 0.717) is 37.7 Å². The predicted octanol–water partition coefficient (Wildman–Crippen LogP) is 1.16. The van der Waals surface area contributed by atoms with Gasteiger partial charge in [0, 0.05) is 25.7 Å². The zero-order chi connectivity index (χ0) is 22.5. The van der Waals surface area contributed by atoms with Crippen LogP contribution in [0.4, 0.5) is 0 Å². The molecular formula is C24H31N3O5. The van der Waals surface area contributed by atoms with Crippen LogP contribution in [0, 0.1) is 0 Å². The summed E-state index contributed by atoms with van der Waals surface area (Å²) < 4.78 is 4.74. The number of rotatable bonds is 4. The van der Waals surface area contributed by atoms with Gasteiger partial charge in [0.1, 0.15) is 5.54 Å². The minimum absolute atomic E-state index is 0.156. The molecule has 1 N–H and O–H groups in total. The van der Waals surface area contributed by atoms with E-state index in [1.165, 1.54) is 44.1 Å². The number of piperazine rings is 1. The van der Waals surface area contributed by atoms with E-state index in [-0.39, 0.29) is 18.4 Å². The van der Waals surface area contributed by atoms with E-state index in [9.17, 15) is 19.5 Å². The van der Waals surface area contributed by atoms with Gasteiger partial charge in [-0.05, 0) is 37.0 Å². The molecule has 8 nitrogen and oxygen atoms in total. The number of hydrogen-bond donors (Lipinski definition) is 1. The summed E-state index contributed by atoms with van der Waals surface area (Å²) in [5, 5.41) is 10.3. The number of benzene rings is 1. The van der Waals surface area contributed by atoms with Crippen LogP contribution in [0.5, 0.6) is 0 Å². The molecule has 2 unspecified atom stereocenters. The Hall–Kier alpha value is -2.29. The lowest BCUT2D eigenvalue weighted by Crippen LogP contribution is -2.82. The standard InChI is InChI=1S/C24H31N3O5/c1-32-22(30)17-9-7-16(8-10-17)12-26-21(29)20-11-19(28)13-27(20)24(23(26)31)14-25(15-24)18-5-3-2-4-6-18/h7-10,18-20,28H,2-6,11-15H2,1H3. The lowest BCUT2D eigenvalue weighted by molar-refractivity contribution is -0.183. The second-order valence-electron chi connectivity index (χ2n) is 9.70. The lowest BCUT2D eigenvalue weighted by Gasteiger charge is -2.60. The normalized spacial score (nSPS) is 28.6. The maximum Gasteiger partial charge on any atom is 0.337 e. The number of carbonyl (C=O) groups excluding carboxylic acids is 3. The summed E-state index contributed by atoms with van der Waals surface area (Å²) in [6.07, 6.45) is 5.88. The fraction of sp³-hybridized carbons (Fsp3) is 0.625. The van der Waals surface area contributed by atoms with Crippen molar-refractivity contribution in [2.75, 3.05) is 26.7 Å². The fourth-order valence-electron chi connectivity index (χ4n) is 6.02. The van der Waals surface area contributed by atoms with Crippen LogP contribution in [0.1, 0.15) is 54.4 Å². The smallest absolute Gasteiger partial charge is 0.337 e. The number of imide groups is 1. The van der Waals surface area contributed by atoms with Crippen molar-refractivity contribution < 1.29 is 24.2 Å². The monoisotopic (exact) mass is 441 g/mol. The number of amides is 2. The Bertz CT molecular complexity index is 905. The second kappa shape index (κ2) is 8.24. The van der Waals surface area contributed by atoms with Gasteiger partial charge in [-0.25, -0.2) is 4.79 Å². The number of ether oxygens (including phenoxy) is 1. The third kappa shape index (κ3) is 3.45. The number of likely N-dealkylation sites (tertiary alicyclic amines) is 1. The third-order valence-electron chi connectivity index (χ3n) is 7.76. The Kier molecular flexibility index (Phi) is 5.55. The molecule has 1 spiro atoms. The van der Waals surface area contributed by atoms with Crippen LogP contribution in [0.3, 0.4) is 0 Å². The Labute approximate surface area is 188 Å². The maximum atomic E-state index is 13.7. The first-order chi connectivity index (χ1) is 15.4. The van der Waals surface area contributed by atoms with Crippen LogP contribution < -0.4 is 0 Å². The van der Waals surface area contributed by atoms with Gasteiger partial charge in [-0.15, -0.1) is 0 Å². The maximum absolute atomic E-state index is 13.7. The van der Waals surface area contributed by atoms with E-state index in [0.717, 1.165) is 5.56 Å². The molecule has 32 heavy (non-hydrogen) atoms. The summed E-state index contributed by atoms with van der Waals surface area (Å²) in [6.45, 7) is 1.81. The quantitative estimate of drug-likeness (QED) is 0.554. The first kappa shape index (κ1) is 21.6. The molecule has 1 aromatic carbocycles. The van der Waals surface area contributed by atoms with E-state index < -0.39 is 23.7 Å². The third-order valence-corrected chi connectivity index (χ3v) is 7.76. The molecule has 4 fully saturated rings. The van der Waals surface area contributed by atoms with Crippen molar-refractivity contribution >= 4 is 17.8 Å². The van der Waals surface area contributed by atoms with E-state index >= 15 is 0 Å². The van der Waals surface area contributed by atoms with Crippen molar-refractivity contribution in [2.24, 2.45) is 0 Å². The van der Waals surface area contributed by atoms with Crippen LogP contribution in [-0.4, -0.2) is 88.1 Å². The average molecular weight is 442 g/mol. The molecule has 8 heteroatoms. The summed E-state index contributed by atoms with van der Waals surface area (Å²) in [4.78, 5) is 44.4. The predicted molar refractivity (Wildman–Crippen MR) is 116 cm³/mol. The highest BCUT2D eigenvalue weighted by molar-refractivity contribution is 6.06. The molecule has 0 aromatic heterocycles. The summed E-state index contributed by atoms with van der Waals surface area (Å²) in [6, 6.07) is 6.87. The van der Waals surface area contributed by atoms with Gasteiger partial charge >= 0.3 is 5.97 Å². The van der Waals surface area contributed by atoms with Crippen LogP contribution >= 0.6 is 0 Å². The lowest BCUT2D eigenvalue weighted by atomic mass is 9.79. The van der Waals surface area contributed by atoms with E-state index in [4.69, 9.17) is 4.74 Å². The Morgan fingerprint density at radius 3 is 2.47 bits per heavy atom. The molecular weight excluding hydrogens is 410 g/mol. The van der Waals surface area contributed by atoms with Crippen LogP contribution in [0.15, 0.2) is 24.3 Å². The van der Waals surface area contributed by atoms with Crippen molar-refractivity contribution in [3.63, 3.8) is 0 Å². The number of methoxy groups -OCH3 is 1. The number of carbonyl (C=O) groups is 3. The first-order valence-electron chi connectivity index (χ1n) is 11.6. The summed E-state index contributed by atoms with van der Waals surface area (Å²) in [5.74, 6) is -0.809. The Morgan fingerprint density at radius 1 is 1.12 bits per heavy atom. The number of fused-ring (bicyclic) bond motifs is 2. The van der Waals surface area contributed by atoms with Crippen molar-refractivity contribution in [3.8, 4) is 0 Å². The molecule has 172 valence electrons. The molecule has 4 aliphatic rings. The number of nitrogens with zero attached hydrogens (tertiary/aromatic N) is 3. The molecule has 0 bridgehead atoms. The van der Waals surface area contributed by atoms with Gasteiger partial charge in [-0.1, -0.05) is 31.4 Å². The highest BCUT2D eigenvalue weighted by Crippen LogP contribution is 2.43. The van der Waals surface area contributed by atoms with E-state index in [1.54, 1.807) is 24.3 Å². The van der Waals surface area contributed by atoms with Crippen LogP contribution in [0.25, 0.3) is 0 Å². The zero-order valence-corrected chi connectivity index (χ0v) is 18.5. The minimum atomic E-state index is -0.723. The Morgan fingerprint density at radius 2 is 1.81 bits per heavy atom. The van der Waals surface area contributed by atoms with Gasteiger partial charge in [-0.2, -0.15) is 0 Å². The van der Waals surface area contributed by atoms with Crippen LogP contribution in [0.2, 0.25) is 0 Å². The number of esters is 1. The molecule has 2 amide bonds. The van der Waals surface area contributed by atoms with Crippen molar-refractivity contribution in [2.45, 2.75) is 68.8 Å². The highest BCUT2D eigenvalue weighted by atomic mass is 16.5. The fourth-order valence-corrected chi connectivity index (χ4v) is 6.02. The molecule has 2 atom stereocenters. The molecule has 3 saturated heterocycles. The summed E-state index contributed by atoms with van der Waals surface area (Å²) >= 11 is 0. The number of aliphatic hydroxyl groups is 1. The van der Waals surface area contributed by atoms with Gasteiger partial charge in [0.25, 0.3) is 5.91 Å². The van der Waals surface area contributed by atoms with Gasteiger partial charge in [-0.3, -0.25) is 24.3 Å². The summed E-state index contributed by atoms with van der Waals surface area (Å²) in [5.41, 5.74) is 0.487. The number of β-amino-alcohol motifs (C(OH)–C–C–N with tert-alkyl or cyclic N) is 1. The van der Waals surface area contributed by atoms with Gasteiger partial charge < -0.3 is 9.84 Å². The highest BCUT2D eigenvalue weighted by Gasteiger charge is 2.64. The molecule has 1 saturated carbocycles. The van der Waals surface area contributed by atoms with E-state index in [2.05, 4.69) is 4.90 Å². The van der Waals surface area contributed by atoms with Gasteiger partial charge in [0.05, 0.1) is 31.4 Å². The zero-order valence-electron chi connectivity index (χ0n) is 18.5. The average Bonchev–Trinajstić information content (AvgIpc) is 3.18.